The molecule has 1 unspecified atom stereocenters. The van der Waals surface area contributed by atoms with Gasteiger partial charge in [0.1, 0.15) is 0 Å². The maximum atomic E-state index is 6.08. The van der Waals surface area contributed by atoms with Crippen molar-refractivity contribution in [3.63, 3.8) is 0 Å². The zero-order valence-electron chi connectivity index (χ0n) is 10.1. The van der Waals surface area contributed by atoms with Gasteiger partial charge in [-0.1, -0.05) is 18.2 Å². The molecule has 17 heavy (non-hydrogen) atoms. The summed E-state index contributed by atoms with van der Waals surface area (Å²) in [7, 11) is 3.22. The van der Waals surface area contributed by atoms with E-state index in [0.29, 0.717) is 0 Å². The fourth-order valence-electron chi connectivity index (χ4n) is 1.99. The van der Waals surface area contributed by atoms with Gasteiger partial charge in [-0.25, -0.2) is 0 Å². The van der Waals surface area contributed by atoms with Crippen LogP contribution < -0.4 is 5.73 Å². The van der Waals surface area contributed by atoms with E-state index in [1.165, 1.54) is 15.6 Å². The average Bonchev–Trinajstić information content (AvgIpc) is 2.74. The minimum atomic E-state index is -0.353. The third-order valence-electron chi connectivity index (χ3n) is 2.83. The van der Waals surface area contributed by atoms with Gasteiger partial charge in [0.05, 0.1) is 6.04 Å². The Hall–Kier alpha value is -0.940. The second-order valence-electron chi connectivity index (χ2n) is 3.96. The largest absolute Gasteiger partial charge is 0.354 e. The van der Waals surface area contributed by atoms with E-state index in [2.05, 4.69) is 23.6 Å². The van der Waals surface area contributed by atoms with E-state index in [1.807, 2.05) is 6.07 Å². The van der Waals surface area contributed by atoms with Gasteiger partial charge in [-0.15, -0.1) is 11.3 Å². The van der Waals surface area contributed by atoms with Crippen molar-refractivity contribution in [3.8, 4) is 0 Å². The minimum Gasteiger partial charge on any atom is -0.354 e. The standard InChI is InChI=1S/C13H17NO2S/c1-15-13(16-2)11(14)7-9-8-17-12-6-4-3-5-10(9)12/h3-6,8,11,13H,7,14H2,1-2H3. The van der Waals surface area contributed by atoms with E-state index in [9.17, 15) is 0 Å². The number of rotatable bonds is 5. The van der Waals surface area contributed by atoms with Gasteiger partial charge in [-0.3, -0.25) is 0 Å². The predicted octanol–water partition coefficient (Wildman–Crippen LogP) is 2.39. The Balaban J connectivity index is 2.18. The van der Waals surface area contributed by atoms with Crippen molar-refractivity contribution in [1.29, 1.82) is 0 Å². The second-order valence-corrected chi connectivity index (χ2v) is 4.88. The molecule has 92 valence electrons. The van der Waals surface area contributed by atoms with Crippen molar-refractivity contribution < 1.29 is 9.47 Å². The van der Waals surface area contributed by atoms with Gasteiger partial charge in [0.15, 0.2) is 6.29 Å². The zero-order chi connectivity index (χ0) is 12.3. The molecule has 0 aliphatic carbocycles. The Bertz CT molecular complexity index is 479. The molecule has 0 amide bonds. The van der Waals surface area contributed by atoms with Crippen LogP contribution >= 0.6 is 11.3 Å². The molecule has 1 atom stereocenters. The quantitative estimate of drug-likeness (QED) is 0.830. The molecule has 0 spiro atoms. The number of ether oxygens (including phenoxy) is 2. The molecule has 0 radical (unpaired) electrons. The van der Waals surface area contributed by atoms with Gasteiger partial charge in [0.25, 0.3) is 0 Å². The molecule has 0 saturated heterocycles. The van der Waals surface area contributed by atoms with Gasteiger partial charge >= 0.3 is 0 Å². The molecule has 0 saturated carbocycles. The van der Waals surface area contributed by atoms with E-state index in [-0.39, 0.29) is 12.3 Å². The summed E-state index contributed by atoms with van der Waals surface area (Å²) in [5, 5.41) is 3.44. The monoisotopic (exact) mass is 251 g/mol. The molecule has 2 rings (SSSR count). The number of thiophene rings is 1. The fourth-order valence-corrected chi connectivity index (χ4v) is 2.96. The van der Waals surface area contributed by atoms with E-state index in [4.69, 9.17) is 15.2 Å². The number of nitrogens with two attached hydrogens (primary N) is 1. The number of benzene rings is 1. The van der Waals surface area contributed by atoms with E-state index in [0.717, 1.165) is 6.42 Å². The lowest BCUT2D eigenvalue weighted by Crippen LogP contribution is -2.39. The highest BCUT2D eigenvalue weighted by molar-refractivity contribution is 7.17. The molecule has 4 heteroatoms. The van der Waals surface area contributed by atoms with Crippen LogP contribution in [0.15, 0.2) is 29.6 Å². The molecule has 0 aliphatic rings. The zero-order valence-corrected chi connectivity index (χ0v) is 10.9. The van der Waals surface area contributed by atoms with Crippen LogP contribution in [0.4, 0.5) is 0 Å². The van der Waals surface area contributed by atoms with Crippen molar-refractivity contribution in [3.05, 3.63) is 35.2 Å². The third-order valence-corrected chi connectivity index (χ3v) is 3.84. The van der Waals surface area contributed by atoms with Crippen molar-refractivity contribution in [2.45, 2.75) is 18.8 Å². The first-order chi connectivity index (χ1) is 8.26. The molecular formula is C13H17NO2S. The summed E-state index contributed by atoms with van der Waals surface area (Å²) in [6.45, 7) is 0. The van der Waals surface area contributed by atoms with Crippen molar-refractivity contribution >= 4 is 21.4 Å². The molecule has 2 N–H and O–H groups in total. The van der Waals surface area contributed by atoms with Gasteiger partial charge < -0.3 is 15.2 Å². The smallest absolute Gasteiger partial charge is 0.172 e. The van der Waals surface area contributed by atoms with Gasteiger partial charge in [0.2, 0.25) is 0 Å². The third kappa shape index (κ3) is 2.66. The predicted molar refractivity (Wildman–Crippen MR) is 71.3 cm³/mol. The van der Waals surface area contributed by atoms with Crippen molar-refractivity contribution in [2.24, 2.45) is 5.73 Å². The van der Waals surface area contributed by atoms with Crippen LogP contribution in [0.2, 0.25) is 0 Å². The van der Waals surface area contributed by atoms with E-state index in [1.54, 1.807) is 25.6 Å². The summed E-state index contributed by atoms with van der Waals surface area (Å²) in [5.74, 6) is 0. The van der Waals surface area contributed by atoms with Gasteiger partial charge in [0, 0.05) is 18.9 Å². The Labute approximate surface area is 105 Å². The molecular weight excluding hydrogens is 234 g/mol. The lowest BCUT2D eigenvalue weighted by atomic mass is 10.1. The minimum absolute atomic E-state index is 0.150. The molecule has 3 nitrogen and oxygen atoms in total. The Morgan fingerprint density at radius 1 is 1.24 bits per heavy atom. The van der Waals surface area contributed by atoms with Crippen LogP contribution in [-0.2, 0) is 15.9 Å². The number of methoxy groups -OCH3 is 2. The first-order valence-electron chi connectivity index (χ1n) is 5.52. The first-order valence-corrected chi connectivity index (χ1v) is 6.40. The van der Waals surface area contributed by atoms with Crippen LogP contribution in [0.25, 0.3) is 10.1 Å². The Morgan fingerprint density at radius 3 is 2.65 bits per heavy atom. The first kappa shape index (κ1) is 12.5. The lowest BCUT2D eigenvalue weighted by Gasteiger charge is -2.20. The number of hydrogen-bond acceptors (Lipinski definition) is 4. The van der Waals surface area contributed by atoms with Crippen LogP contribution in [-0.4, -0.2) is 26.6 Å². The van der Waals surface area contributed by atoms with E-state index < -0.39 is 0 Å². The van der Waals surface area contributed by atoms with Crippen LogP contribution in [0, 0.1) is 0 Å². The number of hydrogen-bond donors (Lipinski definition) is 1. The maximum absolute atomic E-state index is 6.08. The normalized spacial score (nSPS) is 13.4. The van der Waals surface area contributed by atoms with Gasteiger partial charge in [-0.2, -0.15) is 0 Å². The molecule has 1 aromatic carbocycles. The summed E-state index contributed by atoms with van der Waals surface area (Å²) >= 11 is 1.75. The summed E-state index contributed by atoms with van der Waals surface area (Å²) < 4.78 is 11.6. The maximum Gasteiger partial charge on any atom is 0.172 e. The Kier molecular flexibility index (Phi) is 4.12. The molecule has 0 aliphatic heterocycles. The molecule has 0 bridgehead atoms. The fraction of sp³-hybridized carbons (Fsp3) is 0.385. The van der Waals surface area contributed by atoms with Crippen molar-refractivity contribution in [1.82, 2.24) is 0 Å². The lowest BCUT2D eigenvalue weighted by molar-refractivity contribution is -0.115. The van der Waals surface area contributed by atoms with Crippen LogP contribution in [0.5, 0.6) is 0 Å². The van der Waals surface area contributed by atoms with E-state index >= 15 is 0 Å². The highest BCUT2D eigenvalue weighted by Crippen LogP contribution is 2.26. The van der Waals surface area contributed by atoms with Crippen LogP contribution in [0.3, 0.4) is 0 Å². The topological polar surface area (TPSA) is 44.5 Å². The van der Waals surface area contributed by atoms with Crippen LogP contribution in [0.1, 0.15) is 5.56 Å². The summed E-state index contributed by atoms with van der Waals surface area (Å²) in [6, 6.07) is 8.20. The SMILES string of the molecule is COC(OC)C(N)Cc1csc2ccccc12. The molecule has 1 aromatic heterocycles. The summed E-state index contributed by atoms with van der Waals surface area (Å²) in [6.07, 6.45) is 0.407. The summed E-state index contributed by atoms with van der Waals surface area (Å²) in [4.78, 5) is 0. The molecule has 1 heterocycles. The molecule has 0 fully saturated rings. The average molecular weight is 251 g/mol. The van der Waals surface area contributed by atoms with Crippen molar-refractivity contribution in [2.75, 3.05) is 14.2 Å². The second kappa shape index (κ2) is 5.60. The number of fused-ring (bicyclic) bond motifs is 1. The summed E-state index contributed by atoms with van der Waals surface area (Å²) in [5.41, 5.74) is 7.34. The highest BCUT2D eigenvalue weighted by Gasteiger charge is 2.18. The van der Waals surface area contributed by atoms with Gasteiger partial charge in [-0.05, 0) is 28.8 Å². The highest BCUT2D eigenvalue weighted by atomic mass is 32.1. The Morgan fingerprint density at radius 2 is 1.94 bits per heavy atom. The molecule has 2 aromatic rings.